The maximum atomic E-state index is 4.67. The zero-order valence-corrected chi connectivity index (χ0v) is 14.3. The minimum Gasteiger partial charge on any atom is -0.364 e. The van der Waals surface area contributed by atoms with Crippen molar-refractivity contribution in [3.05, 3.63) is 42.0 Å². The van der Waals surface area contributed by atoms with E-state index in [4.69, 9.17) is 0 Å². The van der Waals surface area contributed by atoms with Crippen LogP contribution < -0.4 is 15.5 Å². The number of benzene rings is 1. The molecule has 2 N–H and O–H groups in total. The molecule has 1 aromatic rings. The van der Waals surface area contributed by atoms with E-state index < -0.39 is 0 Å². The van der Waals surface area contributed by atoms with Crippen LogP contribution in [-0.2, 0) is 6.54 Å². The monoisotopic (exact) mass is 318 g/mol. The minimum atomic E-state index is 0.698. The number of hydrogen-bond acceptors (Lipinski definition) is 3. The normalized spacial score (nSPS) is 14.5. The number of hydrogen-bond donors (Lipinski definition) is 2. The summed E-state index contributed by atoms with van der Waals surface area (Å²) in [5.41, 5.74) is 2.52. The maximum absolute atomic E-state index is 4.67. The summed E-state index contributed by atoms with van der Waals surface area (Å²) in [5, 5.41) is 6.65. The Kier molecular flexibility index (Phi) is 7.16. The molecule has 0 unspecified atom stereocenters. The fourth-order valence-corrected chi connectivity index (χ4v) is 2.63. The van der Waals surface area contributed by atoms with Crippen LogP contribution in [0.5, 0.6) is 0 Å². The zero-order valence-electron chi connectivity index (χ0n) is 13.5. The highest BCUT2D eigenvalue weighted by Gasteiger charge is 2.07. The fraction of sp³-hybridized carbons (Fsp3) is 0.471. The van der Waals surface area contributed by atoms with Crippen LogP contribution in [0.4, 0.5) is 5.69 Å². The minimum absolute atomic E-state index is 0.698. The van der Waals surface area contributed by atoms with Crippen molar-refractivity contribution in [2.45, 2.75) is 13.5 Å². The van der Waals surface area contributed by atoms with Crippen LogP contribution in [0.15, 0.2) is 41.4 Å². The molecule has 0 spiro atoms. The molecule has 0 atom stereocenters. The Bertz CT molecular complexity index is 505. The molecule has 0 aliphatic carbocycles. The second-order valence-electron chi connectivity index (χ2n) is 5.16. The first-order valence-electron chi connectivity index (χ1n) is 7.83. The summed E-state index contributed by atoms with van der Waals surface area (Å²) in [4.78, 5) is 7.03. The van der Waals surface area contributed by atoms with Crippen molar-refractivity contribution in [1.29, 1.82) is 0 Å². The topological polar surface area (TPSA) is 39.7 Å². The van der Waals surface area contributed by atoms with Crippen molar-refractivity contribution >= 4 is 23.4 Å². The number of rotatable bonds is 7. The Labute approximate surface area is 138 Å². The SMILES string of the molecule is CCNC(=NCc1cccc(N2CC=CC2)c1)NCCSC. The molecule has 2 rings (SSSR count). The third-order valence-electron chi connectivity index (χ3n) is 3.46. The molecule has 5 heteroatoms. The van der Waals surface area contributed by atoms with Gasteiger partial charge in [0.2, 0.25) is 0 Å². The van der Waals surface area contributed by atoms with Crippen LogP contribution in [-0.4, -0.2) is 44.1 Å². The lowest BCUT2D eigenvalue weighted by Gasteiger charge is -2.18. The molecule has 0 radical (unpaired) electrons. The summed E-state index contributed by atoms with van der Waals surface area (Å²) in [5.74, 6) is 1.98. The molecule has 1 aliphatic heterocycles. The lowest BCUT2D eigenvalue weighted by atomic mass is 10.2. The van der Waals surface area contributed by atoms with Crippen LogP contribution in [0, 0.1) is 0 Å². The molecular formula is C17H26N4S. The van der Waals surface area contributed by atoms with Gasteiger partial charge in [0.05, 0.1) is 6.54 Å². The van der Waals surface area contributed by atoms with Gasteiger partial charge in [-0.2, -0.15) is 11.8 Å². The van der Waals surface area contributed by atoms with Gasteiger partial charge in [-0.3, -0.25) is 0 Å². The smallest absolute Gasteiger partial charge is 0.191 e. The Morgan fingerprint density at radius 2 is 2.09 bits per heavy atom. The van der Waals surface area contributed by atoms with Crippen molar-refractivity contribution in [1.82, 2.24) is 10.6 Å². The van der Waals surface area contributed by atoms with E-state index in [-0.39, 0.29) is 0 Å². The summed E-state index contributed by atoms with van der Waals surface area (Å²) in [7, 11) is 0. The van der Waals surface area contributed by atoms with E-state index in [0.29, 0.717) is 6.54 Å². The highest BCUT2D eigenvalue weighted by Crippen LogP contribution is 2.18. The molecule has 0 fully saturated rings. The highest BCUT2D eigenvalue weighted by molar-refractivity contribution is 7.98. The molecule has 0 saturated carbocycles. The van der Waals surface area contributed by atoms with Gasteiger partial charge in [0.1, 0.15) is 0 Å². The Balaban J connectivity index is 1.95. The third kappa shape index (κ3) is 5.30. The number of anilines is 1. The highest BCUT2D eigenvalue weighted by atomic mass is 32.2. The summed E-state index contributed by atoms with van der Waals surface area (Å²) < 4.78 is 0. The van der Waals surface area contributed by atoms with E-state index in [0.717, 1.165) is 37.9 Å². The quantitative estimate of drug-likeness (QED) is 0.351. The second-order valence-corrected chi connectivity index (χ2v) is 6.15. The fourth-order valence-electron chi connectivity index (χ4n) is 2.32. The third-order valence-corrected chi connectivity index (χ3v) is 4.07. The Morgan fingerprint density at radius 3 is 2.82 bits per heavy atom. The average Bonchev–Trinajstić information content (AvgIpc) is 3.07. The van der Waals surface area contributed by atoms with E-state index in [2.05, 4.69) is 70.1 Å². The van der Waals surface area contributed by atoms with Crippen LogP contribution in [0.1, 0.15) is 12.5 Å². The van der Waals surface area contributed by atoms with Gasteiger partial charge in [-0.15, -0.1) is 0 Å². The molecule has 1 heterocycles. The van der Waals surface area contributed by atoms with Gasteiger partial charge < -0.3 is 15.5 Å². The van der Waals surface area contributed by atoms with Gasteiger partial charge in [-0.25, -0.2) is 4.99 Å². The second kappa shape index (κ2) is 9.41. The molecule has 0 bridgehead atoms. The van der Waals surface area contributed by atoms with Crippen LogP contribution in [0.2, 0.25) is 0 Å². The van der Waals surface area contributed by atoms with E-state index in [9.17, 15) is 0 Å². The first-order valence-corrected chi connectivity index (χ1v) is 9.23. The zero-order chi connectivity index (χ0) is 15.6. The molecule has 0 amide bonds. The lowest BCUT2D eigenvalue weighted by Crippen LogP contribution is -2.38. The maximum Gasteiger partial charge on any atom is 0.191 e. The number of thioether (sulfide) groups is 1. The van der Waals surface area contributed by atoms with Crippen LogP contribution >= 0.6 is 11.8 Å². The largest absolute Gasteiger partial charge is 0.364 e. The number of nitrogens with zero attached hydrogens (tertiary/aromatic N) is 2. The average molecular weight is 318 g/mol. The summed E-state index contributed by atoms with van der Waals surface area (Å²) in [6.07, 6.45) is 6.54. The van der Waals surface area contributed by atoms with Crippen molar-refractivity contribution in [3.8, 4) is 0 Å². The van der Waals surface area contributed by atoms with Gasteiger partial charge in [0.25, 0.3) is 0 Å². The van der Waals surface area contributed by atoms with Crippen LogP contribution in [0.25, 0.3) is 0 Å². The van der Waals surface area contributed by atoms with Gasteiger partial charge in [-0.1, -0.05) is 24.3 Å². The predicted molar refractivity (Wildman–Crippen MR) is 99.0 cm³/mol. The molecule has 4 nitrogen and oxygen atoms in total. The molecule has 22 heavy (non-hydrogen) atoms. The molecule has 0 saturated heterocycles. The first kappa shape index (κ1) is 16.7. The standard InChI is InChI=1S/C17H26N4S/c1-3-18-17(19-9-12-22-2)20-14-15-7-6-8-16(13-15)21-10-4-5-11-21/h4-8,13H,3,9-12,14H2,1-2H3,(H2,18,19,20). The van der Waals surface area contributed by atoms with Crippen molar-refractivity contribution in [2.75, 3.05) is 43.1 Å². The van der Waals surface area contributed by atoms with Crippen molar-refractivity contribution in [3.63, 3.8) is 0 Å². The number of aliphatic imine (C=N–C) groups is 1. The van der Waals surface area contributed by atoms with Gasteiger partial charge in [-0.05, 0) is 30.9 Å². The van der Waals surface area contributed by atoms with E-state index in [1.54, 1.807) is 0 Å². The van der Waals surface area contributed by atoms with Gasteiger partial charge in [0.15, 0.2) is 5.96 Å². The first-order chi connectivity index (χ1) is 10.8. The van der Waals surface area contributed by atoms with E-state index in [1.165, 1.54) is 11.3 Å². The molecule has 0 aromatic heterocycles. The summed E-state index contributed by atoms with van der Waals surface area (Å²) in [6, 6.07) is 8.67. The van der Waals surface area contributed by atoms with E-state index >= 15 is 0 Å². The van der Waals surface area contributed by atoms with Gasteiger partial charge >= 0.3 is 0 Å². The summed E-state index contributed by atoms with van der Waals surface area (Å²) >= 11 is 1.84. The number of nitrogens with one attached hydrogen (secondary N) is 2. The molecule has 1 aromatic carbocycles. The Hall–Kier alpha value is -1.62. The molecule has 1 aliphatic rings. The summed E-state index contributed by atoms with van der Waals surface area (Å²) in [6.45, 7) is 6.62. The number of guanidine groups is 1. The van der Waals surface area contributed by atoms with Crippen molar-refractivity contribution in [2.24, 2.45) is 4.99 Å². The van der Waals surface area contributed by atoms with Gasteiger partial charge in [0, 0.05) is 37.6 Å². The predicted octanol–water partition coefficient (Wildman–Crippen LogP) is 2.48. The molecule has 120 valence electrons. The van der Waals surface area contributed by atoms with E-state index in [1.807, 2.05) is 11.8 Å². The van der Waals surface area contributed by atoms with Crippen molar-refractivity contribution < 1.29 is 0 Å². The van der Waals surface area contributed by atoms with Crippen LogP contribution in [0.3, 0.4) is 0 Å². The Morgan fingerprint density at radius 1 is 1.27 bits per heavy atom. The lowest BCUT2D eigenvalue weighted by molar-refractivity contribution is 0.843. The molecular weight excluding hydrogens is 292 g/mol.